The lowest BCUT2D eigenvalue weighted by atomic mass is 9.87. The van der Waals surface area contributed by atoms with Gasteiger partial charge in [0.25, 0.3) is 11.4 Å². The first-order valence-corrected chi connectivity index (χ1v) is 13.0. The van der Waals surface area contributed by atoms with Gasteiger partial charge < -0.3 is 0 Å². The van der Waals surface area contributed by atoms with Crippen molar-refractivity contribution in [2.45, 2.75) is 12.8 Å². The highest BCUT2D eigenvalue weighted by atomic mass is 14.8. The van der Waals surface area contributed by atoms with Crippen LogP contribution in [0.25, 0.3) is 65.6 Å². The lowest BCUT2D eigenvalue weighted by molar-refractivity contribution is 1.17. The fourth-order valence-electron chi connectivity index (χ4n) is 6.38. The zero-order chi connectivity index (χ0) is 28.8. The maximum Gasteiger partial charge on any atom is 0.269 e. The van der Waals surface area contributed by atoms with E-state index >= 15 is 0 Å². The Balaban J connectivity index is 1.73. The molecule has 8 heteroatoms. The first-order valence-electron chi connectivity index (χ1n) is 13.0. The third-order valence-electron chi connectivity index (χ3n) is 7.90. The first kappa shape index (κ1) is 24.6. The second-order valence-corrected chi connectivity index (χ2v) is 9.89. The van der Waals surface area contributed by atoms with Crippen molar-refractivity contribution < 1.29 is 0 Å². The van der Waals surface area contributed by atoms with Gasteiger partial charge in [-0.1, -0.05) is 36.4 Å². The van der Waals surface area contributed by atoms with E-state index in [9.17, 15) is 10.5 Å². The summed E-state index contributed by atoms with van der Waals surface area (Å²) in [6.07, 6.45) is 10.7. The molecule has 8 nitrogen and oxygen atoms in total. The monoisotopic (exact) mass is 536 g/mol. The van der Waals surface area contributed by atoms with Crippen molar-refractivity contribution in [2.75, 3.05) is 0 Å². The van der Waals surface area contributed by atoms with E-state index in [0.717, 1.165) is 66.8 Å². The van der Waals surface area contributed by atoms with Crippen LogP contribution in [0, 0.1) is 35.8 Å². The Hall–Kier alpha value is -6.48. The number of fused-ring (bicyclic) bond motifs is 6. The summed E-state index contributed by atoms with van der Waals surface area (Å²) in [5.41, 5.74) is 9.91. The van der Waals surface area contributed by atoms with E-state index in [4.69, 9.17) is 13.1 Å². The number of hydrogen-bond acceptors (Lipinski definition) is 6. The lowest BCUT2D eigenvalue weighted by Crippen LogP contribution is -2.26. The quantitative estimate of drug-likeness (QED) is 0.293. The predicted octanol–water partition coefficient (Wildman–Crippen LogP) is 4.85. The molecule has 0 fully saturated rings. The van der Waals surface area contributed by atoms with Crippen molar-refractivity contribution >= 4 is 11.4 Å². The Morgan fingerprint density at radius 2 is 1.02 bits per heavy atom. The third kappa shape index (κ3) is 3.44. The first-order chi connectivity index (χ1) is 20.7. The molecule has 42 heavy (non-hydrogen) atoms. The minimum Gasteiger partial charge on any atom is -0.244 e. The maximum atomic E-state index is 10.3. The Kier molecular flexibility index (Phi) is 5.62. The van der Waals surface area contributed by atoms with Crippen LogP contribution in [0.15, 0.2) is 73.8 Å². The van der Waals surface area contributed by atoms with Crippen molar-refractivity contribution in [2.24, 2.45) is 0 Å². The van der Waals surface area contributed by atoms with E-state index in [0.29, 0.717) is 23.3 Å². The van der Waals surface area contributed by atoms with Crippen LogP contribution in [0.5, 0.6) is 0 Å². The van der Waals surface area contributed by atoms with Gasteiger partial charge in [0.2, 0.25) is 0 Å². The van der Waals surface area contributed by atoms with Gasteiger partial charge in [0.05, 0.1) is 25.3 Å². The minimum atomic E-state index is -0.0280. The molecule has 2 heterocycles. The van der Waals surface area contributed by atoms with Crippen LogP contribution in [0.1, 0.15) is 22.3 Å². The molecular weight excluding hydrogens is 520 g/mol. The molecule has 5 aromatic rings. The highest BCUT2D eigenvalue weighted by Crippen LogP contribution is 2.46. The molecule has 2 aromatic heterocycles. The molecule has 7 rings (SSSR count). The van der Waals surface area contributed by atoms with Gasteiger partial charge in [-0.05, 0) is 68.5 Å². The number of nitriles is 2. The van der Waals surface area contributed by atoms with E-state index in [1.165, 1.54) is 12.7 Å². The number of nitrogens with zero attached hydrogens (tertiary/aromatic N) is 8. The molecule has 0 saturated heterocycles. The number of aromatic nitrogens is 4. The van der Waals surface area contributed by atoms with E-state index in [2.05, 4.69) is 41.8 Å². The van der Waals surface area contributed by atoms with Crippen LogP contribution in [-0.4, -0.2) is 19.9 Å². The topological polar surface area (TPSA) is 108 Å². The van der Waals surface area contributed by atoms with Gasteiger partial charge in [0.15, 0.2) is 0 Å². The summed E-state index contributed by atoms with van der Waals surface area (Å²) >= 11 is 0. The third-order valence-corrected chi connectivity index (χ3v) is 7.90. The molecule has 0 N–H and O–H groups in total. The smallest absolute Gasteiger partial charge is 0.244 e. The SMILES string of the molecule is [C-]#[N+]/C(C#N)=c1/c2c(/c(=C(\C#N)[N+]#[C-])c3c1-c1c(cccc1-c1cncnc1)C3)-c1c(cccc1-c1cncnc1)C2. The lowest BCUT2D eigenvalue weighted by Gasteiger charge is -2.16. The molecule has 0 radical (unpaired) electrons. The van der Waals surface area contributed by atoms with Crippen LogP contribution < -0.4 is 10.4 Å². The van der Waals surface area contributed by atoms with Gasteiger partial charge >= 0.3 is 0 Å². The summed E-state index contributed by atoms with van der Waals surface area (Å²) in [5, 5.41) is 21.6. The molecule has 0 aliphatic heterocycles. The van der Waals surface area contributed by atoms with E-state index in [-0.39, 0.29) is 11.4 Å². The Labute approximate surface area is 240 Å². The average molecular weight is 537 g/mol. The minimum absolute atomic E-state index is 0.0280. The van der Waals surface area contributed by atoms with E-state index in [1.54, 1.807) is 24.8 Å². The van der Waals surface area contributed by atoms with Gasteiger partial charge in [-0.3, -0.25) is 0 Å². The molecule has 2 aliphatic carbocycles. The maximum absolute atomic E-state index is 10.3. The molecular formula is C34H16N8. The zero-order valence-corrected chi connectivity index (χ0v) is 21.9. The largest absolute Gasteiger partial charge is 0.269 e. The predicted molar refractivity (Wildman–Crippen MR) is 155 cm³/mol. The number of rotatable bonds is 2. The summed E-state index contributed by atoms with van der Waals surface area (Å²) in [6.45, 7) is 16.0. The molecule has 0 saturated carbocycles. The summed E-state index contributed by atoms with van der Waals surface area (Å²) < 4.78 is 0. The molecule has 2 aliphatic rings. The van der Waals surface area contributed by atoms with Crippen molar-refractivity contribution in [3.8, 4) is 56.6 Å². The molecule has 0 atom stereocenters. The second kappa shape index (κ2) is 9.61. The highest BCUT2D eigenvalue weighted by molar-refractivity contribution is 5.99. The molecule has 0 spiro atoms. The average Bonchev–Trinajstić information content (AvgIpc) is 3.63. The summed E-state index contributed by atoms with van der Waals surface area (Å²) in [4.78, 5) is 24.2. The molecule has 0 bridgehead atoms. The van der Waals surface area contributed by atoms with Gasteiger partial charge in [0, 0.05) is 46.4 Å². The second-order valence-electron chi connectivity index (χ2n) is 9.89. The Bertz CT molecular complexity index is 2080. The van der Waals surface area contributed by atoms with Crippen molar-refractivity contribution in [1.82, 2.24) is 19.9 Å². The van der Waals surface area contributed by atoms with Crippen molar-refractivity contribution in [3.63, 3.8) is 0 Å². The highest BCUT2D eigenvalue weighted by Gasteiger charge is 2.34. The van der Waals surface area contributed by atoms with Crippen molar-refractivity contribution in [1.29, 1.82) is 10.5 Å². The van der Waals surface area contributed by atoms with Gasteiger partial charge in [0.1, 0.15) is 12.7 Å². The van der Waals surface area contributed by atoms with Gasteiger partial charge in [-0.15, -0.1) is 0 Å². The fraction of sp³-hybridized carbons (Fsp3) is 0.0588. The van der Waals surface area contributed by atoms with Crippen LogP contribution in [0.4, 0.5) is 0 Å². The van der Waals surface area contributed by atoms with Crippen LogP contribution >= 0.6 is 0 Å². The van der Waals surface area contributed by atoms with E-state index in [1.807, 2.05) is 36.4 Å². The number of benzene rings is 3. The summed E-state index contributed by atoms with van der Waals surface area (Å²) in [6, 6.07) is 16.2. The Morgan fingerprint density at radius 1 is 0.619 bits per heavy atom. The normalized spacial score (nSPS) is 13.2. The Morgan fingerprint density at radius 3 is 1.38 bits per heavy atom. The van der Waals surface area contributed by atoms with Crippen LogP contribution in [0.2, 0.25) is 0 Å². The summed E-state index contributed by atoms with van der Waals surface area (Å²) in [5.74, 6) is 0. The van der Waals surface area contributed by atoms with Gasteiger partial charge in [-0.2, -0.15) is 0 Å². The zero-order valence-electron chi connectivity index (χ0n) is 21.9. The molecule has 0 unspecified atom stereocenters. The standard InChI is InChI=1S/C34H16N8/c1-37-27(11-35)31-25-9-19-5-3-8-24(22-15-41-18-42-16-22)30(19)34(25)32(28(12-36)38-2)26-10-20-6-4-7-23(29(20)33(26)31)21-13-39-17-40-14-21/h3-8,13-18H,9-10H2/b31-27-,32-28+. The van der Waals surface area contributed by atoms with Crippen molar-refractivity contribution in [3.05, 3.63) is 129 Å². The fourth-order valence-corrected chi connectivity index (χ4v) is 6.38. The van der Waals surface area contributed by atoms with Gasteiger partial charge in [-0.25, -0.2) is 40.1 Å². The number of hydrogen-bond donors (Lipinski definition) is 0. The van der Waals surface area contributed by atoms with Crippen LogP contribution in [-0.2, 0) is 12.8 Å². The summed E-state index contributed by atoms with van der Waals surface area (Å²) in [7, 11) is 0. The molecule has 0 amide bonds. The van der Waals surface area contributed by atoms with E-state index < -0.39 is 0 Å². The van der Waals surface area contributed by atoms with Crippen LogP contribution in [0.3, 0.4) is 0 Å². The molecule has 3 aromatic carbocycles. The molecule has 192 valence electrons.